The number of aromatic nitrogens is 1. The molecule has 0 amide bonds. The summed E-state index contributed by atoms with van der Waals surface area (Å²) >= 11 is 0. The average molecular weight is 276 g/mol. The molecule has 1 N–H and O–H groups in total. The van der Waals surface area contributed by atoms with Crippen molar-refractivity contribution >= 4 is 5.97 Å². The lowest BCUT2D eigenvalue weighted by atomic mass is 9.84. The Balaban J connectivity index is 1.82. The highest BCUT2D eigenvalue weighted by atomic mass is 16.5. The van der Waals surface area contributed by atoms with Crippen LogP contribution in [0.1, 0.15) is 55.1 Å². The van der Waals surface area contributed by atoms with Gasteiger partial charge in [-0.25, -0.2) is 4.79 Å². The van der Waals surface area contributed by atoms with E-state index >= 15 is 0 Å². The van der Waals surface area contributed by atoms with E-state index in [4.69, 9.17) is 0 Å². The fraction of sp³-hybridized carbons (Fsp3) is 0.625. The Morgan fingerprint density at radius 3 is 2.75 bits per heavy atom. The van der Waals surface area contributed by atoms with Crippen molar-refractivity contribution in [3.8, 4) is 0 Å². The lowest BCUT2D eigenvalue weighted by Gasteiger charge is -2.28. The van der Waals surface area contributed by atoms with Gasteiger partial charge in [-0.05, 0) is 37.8 Å². The Morgan fingerprint density at radius 1 is 1.40 bits per heavy atom. The van der Waals surface area contributed by atoms with Crippen LogP contribution in [-0.4, -0.2) is 24.1 Å². The summed E-state index contributed by atoms with van der Waals surface area (Å²) in [5.41, 5.74) is 1.46. The second-order valence-electron chi connectivity index (χ2n) is 5.60. The molecule has 1 aromatic heterocycles. The standard InChI is InChI=1S/C16H24N2O2/c1-12(13-6-4-3-5-7-13)17-11-15-9-8-14(10-18-15)16(19)20-2/h8-10,12-13,17H,3-7,11H2,1-2H3/t12-/m1/s1. The lowest BCUT2D eigenvalue weighted by molar-refractivity contribution is 0.0600. The van der Waals surface area contributed by atoms with Crippen molar-refractivity contribution in [2.24, 2.45) is 5.92 Å². The number of rotatable bonds is 5. The van der Waals surface area contributed by atoms with Gasteiger partial charge in [-0.1, -0.05) is 19.3 Å². The quantitative estimate of drug-likeness (QED) is 0.840. The van der Waals surface area contributed by atoms with E-state index in [1.807, 2.05) is 6.07 Å². The highest BCUT2D eigenvalue weighted by Gasteiger charge is 2.19. The molecule has 1 heterocycles. The number of nitrogens with one attached hydrogen (secondary N) is 1. The third-order valence-electron chi connectivity index (χ3n) is 4.21. The maximum Gasteiger partial charge on any atom is 0.339 e. The molecule has 0 unspecified atom stereocenters. The molecule has 0 bridgehead atoms. The van der Waals surface area contributed by atoms with Crippen molar-refractivity contribution in [1.82, 2.24) is 10.3 Å². The normalized spacial score (nSPS) is 17.7. The Morgan fingerprint density at radius 2 is 2.15 bits per heavy atom. The zero-order valence-corrected chi connectivity index (χ0v) is 12.4. The number of esters is 1. The predicted molar refractivity (Wildman–Crippen MR) is 78.5 cm³/mol. The minimum Gasteiger partial charge on any atom is -0.465 e. The van der Waals surface area contributed by atoms with E-state index in [0.717, 1.165) is 18.2 Å². The van der Waals surface area contributed by atoms with E-state index < -0.39 is 0 Å². The van der Waals surface area contributed by atoms with Crippen LogP contribution in [0.5, 0.6) is 0 Å². The van der Waals surface area contributed by atoms with Gasteiger partial charge < -0.3 is 10.1 Å². The third-order valence-corrected chi connectivity index (χ3v) is 4.21. The van der Waals surface area contributed by atoms with E-state index in [1.54, 1.807) is 12.3 Å². The van der Waals surface area contributed by atoms with Gasteiger partial charge in [0.1, 0.15) is 0 Å². The van der Waals surface area contributed by atoms with Gasteiger partial charge in [-0.3, -0.25) is 4.98 Å². The van der Waals surface area contributed by atoms with Gasteiger partial charge in [-0.2, -0.15) is 0 Å². The lowest BCUT2D eigenvalue weighted by Crippen LogP contribution is -2.34. The minimum atomic E-state index is -0.340. The van der Waals surface area contributed by atoms with Crippen molar-refractivity contribution in [2.45, 2.75) is 51.6 Å². The number of methoxy groups -OCH3 is 1. The van der Waals surface area contributed by atoms with Crippen LogP contribution < -0.4 is 5.32 Å². The van der Waals surface area contributed by atoms with Gasteiger partial charge in [0.25, 0.3) is 0 Å². The number of hydrogen-bond acceptors (Lipinski definition) is 4. The van der Waals surface area contributed by atoms with Crippen LogP contribution in [0.4, 0.5) is 0 Å². The number of nitrogens with zero attached hydrogens (tertiary/aromatic N) is 1. The molecule has 1 aromatic rings. The molecule has 20 heavy (non-hydrogen) atoms. The van der Waals surface area contributed by atoms with Gasteiger partial charge in [0.2, 0.25) is 0 Å². The Hall–Kier alpha value is -1.42. The van der Waals surface area contributed by atoms with Gasteiger partial charge in [0.05, 0.1) is 18.4 Å². The molecule has 2 rings (SSSR count). The van der Waals surface area contributed by atoms with Crippen LogP contribution >= 0.6 is 0 Å². The molecular formula is C16H24N2O2. The van der Waals surface area contributed by atoms with Crippen molar-refractivity contribution in [3.63, 3.8) is 0 Å². The number of pyridine rings is 1. The topological polar surface area (TPSA) is 51.2 Å². The summed E-state index contributed by atoms with van der Waals surface area (Å²) in [6.07, 6.45) is 8.37. The number of ether oxygens (including phenoxy) is 1. The second-order valence-corrected chi connectivity index (χ2v) is 5.60. The maximum absolute atomic E-state index is 11.3. The first-order valence-corrected chi connectivity index (χ1v) is 7.47. The van der Waals surface area contributed by atoms with E-state index in [1.165, 1.54) is 39.2 Å². The van der Waals surface area contributed by atoms with Crippen LogP contribution in [0.25, 0.3) is 0 Å². The van der Waals surface area contributed by atoms with Crippen molar-refractivity contribution < 1.29 is 9.53 Å². The monoisotopic (exact) mass is 276 g/mol. The maximum atomic E-state index is 11.3. The molecule has 0 aromatic carbocycles. The third kappa shape index (κ3) is 4.04. The first-order valence-electron chi connectivity index (χ1n) is 7.47. The second kappa shape index (κ2) is 7.39. The van der Waals surface area contributed by atoms with Crippen molar-refractivity contribution in [3.05, 3.63) is 29.6 Å². The first-order chi connectivity index (χ1) is 9.70. The molecular weight excluding hydrogens is 252 g/mol. The molecule has 1 atom stereocenters. The van der Waals surface area contributed by atoms with Crippen LogP contribution in [-0.2, 0) is 11.3 Å². The van der Waals surface area contributed by atoms with E-state index in [2.05, 4.69) is 22.0 Å². The molecule has 0 radical (unpaired) electrons. The van der Waals surface area contributed by atoms with Crippen LogP contribution in [0.3, 0.4) is 0 Å². The predicted octanol–water partition coefficient (Wildman–Crippen LogP) is 2.93. The van der Waals surface area contributed by atoms with Crippen LogP contribution in [0.2, 0.25) is 0 Å². The smallest absolute Gasteiger partial charge is 0.339 e. The summed E-state index contributed by atoms with van der Waals surface area (Å²) in [4.78, 5) is 15.6. The summed E-state index contributed by atoms with van der Waals surface area (Å²) in [5.74, 6) is 0.450. The fourth-order valence-corrected chi connectivity index (χ4v) is 2.83. The molecule has 1 fully saturated rings. The largest absolute Gasteiger partial charge is 0.465 e. The van der Waals surface area contributed by atoms with Gasteiger partial charge in [0, 0.05) is 18.8 Å². The molecule has 0 spiro atoms. The zero-order chi connectivity index (χ0) is 14.4. The van der Waals surface area contributed by atoms with Crippen molar-refractivity contribution in [2.75, 3.05) is 7.11 Å². The summed E-state index contributed by atoms with van der Waals surface area (Å²) in [7, 11) is 1.38. The summed E-state index contributed by atoms with van der Waals surface area (Å²) in [6, 6.07) is 4.17. The van der Waals surface area contributed by atoms with Gasteiger partial charge in [0.15, 0.2) is 0 Å². The van der Waals surface area contributed by atoms with Crippen LogP contribution in [0, 0.1) is 5.92 Å². The SMILES string of the molecule is COC(=O)c1ccc(CN[C@H](C)C2CCCCC2)nc1. The molecule has 4 nitrogen and oxygen atoms in total. The first kappa shape index (κ1) is 15.0. The minimum absolute atomic E-state index is 0.340. The fourth-order valence-electron chi connectivity index (χ4n) is 2.83. The van der Waals surface area contributed by atoms with Crippen molar-refractivity contribution in [1.29, 1.82) is 0 Å². The molecule has 4 heteroatoms. The Bertz CT molecular complexity index is 425. The Kier molecular flexibility index (Phi) is 5.53. The summed E-state index contributed by atoms with van der Waals surface area (Å²) in [6.45, 7) is 3.01. The number of hydrogen-bond donors (Lipinski definition) is 1. The Labute approximate surface area is 120 Å². The molecule has 110 valence electrons. The average Bonchev–Trinajstić information content (AvgIpc) is 2.53. The van der Waals surface area contributed by atoms with Gasteiger partial charge in [-0.15, -0.1) is 0 Å². The molecule has 1 aliphatic rings. The van der Waals surface area contributed by atoms with E-state index in [9.17, 15) is 4.79 Å². The molecule has 1 saturated carbocycles. The highest BCUT2D eigenvalue weighted by molar-refractivity contribution is 5.88. The van der Waals surface area contributed by atoms with E-state index in [-0.39, 0.29) is 5.97 Å². The summed E-state index contributed by atoms with van der Waals surface area (Å²) in [5, 5.41) is 3.55. The highest BCUT2D eigenvalue weighted by Crippen LogP contribution is 2.26. The zero-order valence-electron chi connectivity index (χ0n) is 12.4. The molecule has 1 aliphatic carbocycles. The molecule has 0 saturated heterocycles. The number of carbonyl (C=O) groups excluding carboxylic acids is 1. The van der Waals surface area contributed by atoms with E-state index in [0.29, 0.717) is 11.6 Å². The molecule has 0 aliphatic heterocycles. The van der Waals surface area contributed by atoms with Crippen LogP contribution in [0.15, 0.2) is 18.3 Å². The van der Waals surface area contributed by atoms with Gasteiger partial charge >= 0.3 is 5.97 Å². The number of carbonyl (C=O) groups is 1. The summed E-state index contributed by atoms with van der Waals surface area (Å²) < 4.78 is 4.66.